The van der Waals surface area contributed by atoms with Crippen LogP contribution in [0.5, 0.6) is 0 Å². The average Bonchev–Trinajstić information content (AvgIpc) is 3.41. The van der Waals surface area contributed by atoms with Crippen molar-refractivity contribution in [1.82, 2.24) is 14.8 Å². The maximum absolute atomic E-state index is 13.7. The first-order valence-corrected chi connectivity index (χ1v) is 13.4. The number of rotatable bonds is 7. The summed E-state index contributed by atoms with van der Waals surface area (Å²) in [4.78, 5) is 31.1. The fraction of sp³-hybridized carbons (Fsp3) is 0.370. The molecule has 1 aromatic heterocycles. The van der Waals surface area contributed by atoms with E-state index in [1.807, 2.05) is 11.8 Å². The number of nitrogen functional groups attached to an aromatic ring is 1. The Bertz CT molecular complexity index is 1320. The van der Waals surface area contributed by atoms with Gasteiger partial charge in [-0.2, -0.15) is 13.2 Å². The standard InChI is InChI=1S/C22H27F3N4O.C5H6N2O2S/c1-3-28-8-10-29(11-9-28)14-17-6-7-18(13-19(17)22(23,24)25)27-21(30)16-5-4-15(2)20(26)12-16;1-6-5-7-2-3(10-5)4(8)9/h4-7,12-13H,3,8-11,14,26H2,1-2H3,(H,27,30);2H,1H3,(H,6,7)(H,8,9). The number of nitrogens with two attached hydrogens (primary N) is 1. The van der Waals surface area contributed by atoms with E-state index in [2.05, 4.69) is 27.4 Å². The Hall–Kier alpha value is -3.68. The van der Waals surface area contributed by atoms with E-state index < -0.39 is 23.6 Å². The van der Waals surface area contributed by atoms with Crippen molar-refractivity contribution < 1.29 is 27.9 Å². The van der Waals surface area contributed by atoms with Crippen LogP contribution < -0.4 is 16.4 Å². The quantitative estimate of drug-likeness (QED) is 0.293. The monoisotopic (exact) mass is 578 g/mol. The third kappa shape index (κ3) is 8.41. The summed E-state index contributed by atoms with van der Waals surface area (Å²) < 4.78 is 41.1. The van der Waals surface area contributed by atoms with Crippen molar-refractivity contribution in [2.75, 3.05) is 56.1 Å². The fourth-order valence-corrected chi connectivity index (χ4v) is 4.64. The van der Waals surface area contributed by atoms with Crippen LogP contribution in [0.2, 0.25) is 0 Å². The number of benzene rings is 2. The molecule has 0 spiro atoms. The Morgan fingerprint density at radius 3 is 2.30 bits per heavy atom. The Morgan fingerprint density at radius 1 is 1.10 bits per heavy atom. The molecule has 0 aliphatic carbocycles. The number of carboxylic acids is 1. The molecule has 0 saturated carbocycles. The molecule has 1 fully saturated rings. The molecule has 0 bridgehead atoms. The molecule has 2 heterocycles. The number of carbonyl (C=O) groups is 2. The minimum absolute atomic E-state index is 0.103. The molecule has 3 aromatic rings. The van der Waals surface area contributed by atoms with Crippen molar-refractivity contribution in [2.24, 2.45) is 0 Å². The van der Waals surface area contributed by atoms with Gasteiger partial charge in [-0.3, -0.25) is 9.69 Å². The summed E-state index contributed by atoms with van der Waals surface area (Å²) in [6.07, 6.45) is -3.17. The first kappa shape index (κ1) is 30.9. The molecule has 1 aliphatic rings. The van der Waals surface area contributed by atoms with Gasteiger partial charge in [-0.05, 0) is 48.9 Å². The maximum atomic E-state index is 13.7. The summed E-state index contributed by atoms with van der Waals surface area (Å²) in [5, 5.41) is 14.4. The van der Waals surface area contributed by atoms with Crippen LogP contribution in [0.1, 0.15) is 43.6 Å². The lowest BCUT2D eigenvalue weighted by Crippen LogP contribution is -2.45. The highest BCUT2D eigenvalue weighted by Crippen LogP contribution is 2.35. The summed E-state index contributed by atoms with van der Waals surface area (Å²) in [7, 11) is 1.70. The van der Waals surface area contributed by atoms with Gasteiger partial charge in [-0.15, -0.1) is 0 Å². The SMILES string of the molecule is CCN1CCN(Cc2ccc(NC(=O)c3ccc(C)c(N)c3)cc2C(F)(F)F)CC1.CNc1ncc(C(=O)O)s1. The van der Waals surface area contributed by atoms with Crippen molar-refractivity contribution in [3.63, 3.8) is 0 Å². The number of likely N-dealkylation sites (N-methyl/N-ethyl adjacent to an activating group) is 1. The number of aryl methyl sites for hydroxylation is 1. The zero-order valence-corrected chi connectivity index (χ0v) is 23.3. The van der Waals surface area contributed by atoms with E-state index >= 15 is 0 Å². The van der Waals surface area contributed by atoms with E-state index in [4.69, 9.17) is 10.8 Å². The average molecular weight is 579 g/mol. The largest absolute Gasteiger partial charge is 0.477 e. The van der Waals surface area contributed by atoms with Gasteiger partial charge in [0, 0.05) is 56.7 Å². The molecule has 40 heavy (non-hydrogen) atoms. The summed E-state index contributed by atoms with van der Waals surface area (Å²) in [5.41, 5.74) is 7.00. The van der Waals surface area contributed by atoms with Gasteiger partial charge in [-0.1, -0.05) is 30.4 Å². The zero-order valence-electron chi connectivity index (χ0n) is 22.5. The van der Waals surface area contributed by atoms with Crippen LogP contribution in [0.3, 0.4) is 0 Å². The van der Waals surface area contributed by atoms with Crippen molar-refractivity contribution in [3.8, 4) is 0 Å². The summed E-state index contributed by atoms with van der Waals surface area (Å²) in [6.45, 7) is 8.24. The molecule has 4 rings (SSSR count). The topological polar surface area (TPSA) is 124 Å². The van der Waals surface area contributed by atoms with E-state index in [9.17, 15) is 22.8 Å². The lowest BCUT2D eigenvalue weighted by Gasteiger charge is -2.34. The van der Waals surface area contributed by atoms with Gasteiger partial charge in [0.2, 0.25) is 0 Å². The van der Waals surface area contributed by atoms with E-state index in [0.717, 1.165) is 55.7 Å². The highest BCUT2D eigenvalue weighted by Gasteiger charge is 2.34. The Kier molecular flexibility index (Phi) is 10.5. The number of thiazole rings is 1. The smallest absolute Gasteiger partial charge is 0.416 e. The normalized spacial score (nSPS) is 14.2. The molecular weight excluding hydrogens is 545 g/mol. The number of anilines is 3. The number of alkyl halides is 3. The van der Waals surface area contributed by atoms with Gasteiger partial charge in [0.15, 0.2) is 5.13 Å². The molecule has 0 atom stereocenters. The van der Waals surface area contributed by atoms with Gasteiger partial charge in [0.05, 0.1) is 11.8 Å². The molecule has 216 valence electrons. The van der Waals surface area contributed by atoms with E-state index in [1.165, 1.54) is 24.4 Å². The number of halogens is 3. The van der Waals surface area contributed by atoms with Crippen molar-refractivity contribution in [1.29, 1.82) is 0 Å². The van der Waals surface area contributed by atoms with E-state index in [1.54, 1.807) is 19.2 Å². The number of carboxylic acid groups (broad SMARTS) is 1. The number of nitrogens with zero attached hydrogens (tertiary/aromatic N) is 3. The Morgan fingerprint density at radius 2 is 1.77 bits per heavy atom. The van der Waals surface area contributed by atoms with Crippen LogP contribution in [0.25, 0.3) is 0 Å². The lowest BCUT2D eigenvalue weighted by atomic mass is 10.0. The molecule has 5 N–H and O–H groups in total. The van der Waals surface area contributed by atoms with E-state index in [-0.39, 0.29) is 22.7 Å². The number of aromatic carboxylic acids is 1. The van der Waals surface area contributed by atoms with Gasteiger partial charge in [-0.25, -0.2) is 9.78 Å². The molecule has 2 aromatic carbocycles. The number of hydrogen-bond donors (Lipinski definition) is 4. The second-order valence-electron chi connectivity index (χ2n) is 9.19. The van der Waals surface area contributed by atoms with Gasteiger partial charge >= 0.3 is 12.1 Å². The van der Waals surface area contributed by atoms with Crippen LogP contribution in [0, 0.1) is 6.92 Å². The number of aromatic nitrogens is 1. The van der Waals surface area contributed by atoms with Crippen LogP contribution in [0.15, 0.2) is 42.6 Å². The maximum Gasteiger partial charge on any atom is 0.416 e. The fourth-order valence-electron chi connectivity index (χ4n) is 4.03. The van der Waals surface area contributed by atoms with Crippen LogP contribution in [-0.4, -0.2) is 71.5 Å². The summed E-state index contributed by atoms with van der Waals surface area (Å²) >= 11 is 1.12. The third-order valence-electron chi connectivity index (χ3n) is 6.45. The first-order valence-electron chi connectivity index (χ1n) is 12.6. The second kappa shape index (κ2) is 13.6. The minimum Gasteiger partial charge on any atom is -0.477 e. The molecular formula is C27H33F3N6O3S. The van der Waals surface area contributed by atoms with Gasteiger partial charge in [0.25, 0.3) is 5.91 Å². The summed E-state index contributed by atoms with van der Waals surface area (Å²) in [5.74, 6) is -1.43. The van der Waals surface area contributed by atoms with Crippen molar-refractivity contribution >= 4 is 39.7 Å². The van der Waals surface area contributed by atoms with Gasteiger partial charge in [0.1, 0.15) is 4.88 Å². The molecule has 0 radical (unpaired) electrons. The number of carbonyl (C=O) groups excluding carboxylic acids is 1. The lowest BCUT2D eigenvalue weighted by molar-refractivity contribution is -0.138. The zero-order chi connectivity index (χ0) is 29.4. The van der Waals surface area contributed by atoms with Crippen LogP contribution >= 0.6 is 11.3 Å². The van der Waals surface area contributed by atoms with Crippen LogP contribution in [-0.2, 0) is 12.7 Å². The molecule has 9 nitrogen and oxygen atoms in total. The van der Waals surface area contributed by atoms with Gasteiger partial charge < -0.3 is 26.4 Å². The molecule has 0 unspecified atom stereocenters. The highest BCUT2D eigenvalue weighted by atomic mass is 32.1. The summed E-state index contributed by atoms with van der Waals surface area (Å²) in [6, 6.07) is 8.78. The number of nitrogens with one attached hydrogen (secondary N) is 2. The predicted molar refractivity (Wildman–Crippen MR) is 151 cm³/mol. The number of amides is 1. The number of piperazine rings is 1. The van der Waals surface area contributed by atoms with E-state index in [0.29, 0.717) is 16.4 Å². The molecule has 13 heteroatoms. The molecule has 1 amide bonds. The minimum atomic E-state index is -4.50. The van der Waals surface area contributed by atoms with Crippen molar-refractivity contribution in [2.45, 2.75) is 26.6 Å². The number of hydrogen-bond acceptors (Lipinski definition) is 8. The highest BCUT2D eigenvalue weighted by molar-refractivity contribution is 7.17. The second-order valence-corrected chi connectivity index (χ2v) is 10.2. The first-order chi connectivity index (χ1) is 18.9. The Balaban J connectivity index is 0.000000371. The Labute approximate surface area is 234 Å². The van der Waals surface area contributed by atoms with Crippen molar-refractivity contribution in [3.05, 3.63) is 69.7 Å². The third-order valence-corrected chi connectivity index (χ3v) is 7.45. The molecule has 1 saturated heterocycles. The van der Waals surface area contributed by atoms with Crippen LogP contribution in [0.4, 0.5) is 29.7 Å². The molecule has 1 aliphatic heterocycles. The predicted octanol–water partition coefficient (Wildman–Crippen LogP) is 4.87.